The first-order valence-electron chi connectivity index (χ1n) is 18.8. The van der Waals surface area contributed by atoms with Gasteiger partial charge < -0.3 is 9.32 Å². The van der Waals surface area contributed by atoms with Gasteiger partial charge in [-0.15, -0.1) is 0 Å². The Hall–Kier alpha value is -6.45. The average molecular weight is 632 g/mol. The standard InChI is InChI=1S/C46H30N2O/c1-3-9-30(10-4-1)31-17-22-37(23-18-31)48(38-25-20-36-27-35-13-7-8-14-40(35)41(36)28-38)39-24-19-32-15-16-33-21-26-43-45(44(33)42(32)29-39)49-46(47-43)34-11-5-2-6-12-34/h1-26,28-29H,27H2/i1D,3D,4D,9D,10D. The predicted molar refractivity (Wildman–Crippen MR) is 203 cm³/mol. The molecule has 0 radical (unpaired) electrons. The summed E-state index contributed by atoms with van der Waals surface area (Å²) in [7, 11) is 0. The van der Waals surface area contributed by atoms with Crippen molar-refractivity contribution < 1.29 is 11.3 Å². The van der Waals surface area contributed by atoms with Crippen molar-refractivity contribution in [2.45, 2.75) is 6.42 Å². The number of oxazole rings is 1. The maximum atomic E-state index is 8.57. The van der Waals surface area contributed by atoms with Crippen LogP contribution in [0.25, 0.3) is 66.4 Å². The van der Waals surface area contributed by atoms with Crippen LogP contribution in [-0.2, 0) is 6.42 Å². The summed E-state index contributed by atoms with van der Waals surface area (Å²) < 4.78 is 48.2. The third kappa shape index (κ3) is 4.62. The van der Waals surface area contributed by atoms with Crippen LogP contribution in [0.3, 0.4) is 0 Å². The number of nitrogens with zero attached hydrogens (tertiary/aromatic N) is 2. The van der Waals surface area contributed by atoms with E-state index in [0.717, 1.165) is 61.7 Å². The minimum Gasteiger partial charge on any atom is -0.435 e. The second-order valence-electron chi connectivity index (χ2n) is 12.4. The Bertz CT molecular complexity index is 2950. The summed E-state index contributed by atoms with van der Waals surface area (Å²) in [4.78, 5) is 7.08. The second-order valence-corrected chi connectivity index (χ2v) is 12.4. The molecule has 1 aliphatic rings. The molecule has 0 bridgehead atoms. The summed E-state index contributed by atoms with van der Waals surface area (Å²) in [6.45, 7) is 0. The smallest absolute Gasteiger partial charge is 0.227 e. The lowest BCUT2D eigenvalue weighted by molar-refractivity contribution is 0.623. The van der Waals surface area contributed by atoms with Crippen LogP contribution in [0.5, 0.6) is 0 Å². The summed E-state index contributed by atoms with van der Waals surface area (Å²) >= 11 is 0. The summed E-state index contributed by atoms with van der Waals surface area (Å²) in [5, 5.41) is 4.13. The molecule has 9 aromatic rings. The Kier molecular flexibility index (Phi) is 5.19. The van der Waals surface area contributed by atoms with Crippen molar-refractivity contribution in [2.75, 3.05) is 4.90 Å². The highest BCUT2D eigenvalue weighted by molar-refractivity contribution is 6.18. The van der Waals surface area contributed by atoms with Gasteiger partial charge in [-0.05, 0) is 111 Å². The maximum Gasteiger partial charge on any atom is 0.227 e. The third-order valence-corrected chi connectivity index (χ3v) is 9.57. The lowest BCUT2D eigenvalue weighted by Crippen LogP contribution is -2.10. The zero-order valence-corrected chi connectivity index (χ0v) is 26.3. The van der Waals surface area contributed by atoms with Gasteiger partial charge in [-0.25, -0.2) is 4.98 Å². The van der Waals surface area contributed by atoms with Crippen LogP contribution in [0.4, 0.5) is 17.1 Å². The lowest BCUT2D eigenvalue weighted by Gasteiger charge is -2.27. The Labute approximate surface area is 291 Å². The molecule has 10 rings (SSSR count). The molecule has 1 heterocycles. The van der Waals surface area contributed by atoms with Crippen molar-refractivity contribution in [1.29, 1.82) is 0 Å². The minimum absolute atomic E-state index is 0.177. The van der Waals surface area contributed by atoms with Crippen molar-refractivity contribution >= 4 is 49.7 Å². The first-order chi connectivity index (χ1) is 26.3. The molecular formula is C46H30N2O. The molecule has 0 saturated carbocycles. The van der Waals surface area contributed by atoms with E-state index in [0.29, 0.717) is 11.5 Å². The van der Waals surface area contributed by atoms with Crippen LogP contribution in [0, 0.1) is 0 Å². The highest BCUT2D eigenvalue weighted by Gasteiger charge is 2.22. The first-order valence-corrected chi connectivity index (χ1v) is 16.3. The van der Waals surface area contributed by atoms with Crippen LogP contribution in [0.15, 0.2) is 174 Å². The highest BCUT2D eigenvalue weighted by atomic mass is 16.3. The van der Waals surface area contributed by atoms with Crippen molar-refractivity contribution in [2.24, 2.45) is 0 Å². The van der Waals surface area contributed by atoms with E-state index >= 15 is 0 Å². The van der Waals surface area contributed by atoms with E-state index in [9.17, 15) is 0 Å². The van der Waals surface area contributed by atoms with Gasteiger partial charge in [0.1, 0.15) is 5.52 Å². The summed E-state index contributed by atoms with van der Waals surface area (Å²) in [5.41, 5.74) is 10.9. The summed E-state index contributed by atoms with van der Waals surface area (Å²) in [6.07, 6.45) is 0.887. The second kappa shape index (κ2) is 11.1. The van der Waals surface area contributed by atoms with Gasteiger partial charge in [-0.1, -0.05) is 115 Å². The van der Waals surface area contributed by atoms with Gasteiger partial charge in [0.2, 0.25) is 5.89 Å². The molecule has 0 N–H and O–H groups in total. The van der Waals surface area contributed by atoms with Crippen LogP contribution >= 0.6 is 0 Å². The van der Waals surface area contributed by atoms with Crippen molar-refractivity contribution in [3.63, 3.8) is 0 Å². The van der Waals surface area contributed by atoms with E-state index < -0.39 is 6.04 Å². The maximum absolute atomic E-state index is 8.57. The number of rotatable bonds is 5. The van der Waals surface area contributed by atoms with E-state index in [-0.39, 0.29) is 29.7 Å². The Morgan fingerprint density at radius 1 is 0.551 bits per heavy atom. The Balaban J connectivity index is 1.17. The number of anilines is 3. The van der Waals surface area contributed by atoms with Gasteiger partial charge in [-0.3, -0.25) is 0 Å². The molecule has 3 nitrogen and oxygen atoms in total. The van der Waals surface area contributed by atoms with Gasteiger partial charge in [0.25, 0.3) is 0 Å². The van der Waals surface area contributed by atoms with Gasteiger partial charge in [-0.2, -0.15) is 0 Å². The van der Waals surface area contributed by atoms with Crippen molar-refractivity contribution in [3.8, 4) is 33.7 Å². The van der Waals surface area contributed by atoms with E-state index in [1.807, 2.05) is 60.7 Å². The molecule has 0 spiro atoms. The van der Waals surface area contributed by atoms with Crippen LogP contribution < -0.4 is 4.90 Å². The predicted octanol–water partition coefficient (Wildman–Crippen LogP) is 12.5. The lowest BCUT2D eigenvalue weighted by atomic mass is 9.99. The molecule has 1 aliphatic carbocycles. The molecule has 0 unspecified atom stereocenters. The number of aromatic nitrogens is 1. The molecule has 0 saturated heterocycles. The zero-order chi connectivity index (χ0) is 36.7. The molecular weight excluding hydrogens is 597 g/mol. The molecule has 8 aromatic carbocycles. The van der Waals surface area contributed by atoms with E-state index in [1.54, 1.807) is 0 Å². The van der Waals surface area contributed by atoms with Gasteiger partial charge in [0, 0.05) is 28.0 Å². The molecule has 3 heteroatoms. The largest absolute Gasteiger partial charge is 0.435 e. The first kappa shape index (κ1) is 23.0. The number of fused-ring (bicyclic) bond motifs is 8. The molecule has 0 atom stereocenters. The summed E-state index contributed by atoms with van der Waals surface area (Å²) in [5.74, 6) is 0.575. The number of benzene rings is 8. The zero-order valence-electron chi connectivity index (χ0n) is 31.3. The fourth-order valence-corrected chi connectivity index (χ4v) is 7.22. The number of hydrogen-bond acceptors (Lipinski definition) is 3. The van der Waals surface area contributed by atoms with E-state index in [1.165, 1.54) is 22.3 Å². The van der Waals surface area contributed by atoms with Crippen LogP contribution in [-0.4, -0.2) is 4.98 Å². The Morgan fingerprint density at radius 2 is 1.24 bits per heavy atom. The fourth-order valence-electron chi connectivity index (χ4n) is 7.22. The van der Waals surface area contributed by atoms with Gasteiger partial charge in [0.05, 0.1) is 6.85 Å². The SMILES string of the molecule is [2H]c1c([2H])c([2H])c(-c2ccc(N(c3ccc4c(c3)-c3ccccc3C4)c3ccc4ccc5ccc6nc(-c7ccccc7)oc6c5c4c3)cc2)c([2H])c1[2H]. The fraction of sp³-hybridized carbons (Fsp3) is 0.0217. The molecule has 0 amide bonds. The monoisotopic (exact) mass is 631 g/mol. The van der Waals surface area contributed by atoms with Gasteiger partial charge in [0.15, 0.2) is 5.58 Å². The number of hydrogen-bond donors (Lipinski definition) is 0. The summed E-state index contributed by atoms with van der Waals surface area (Å²) in [6, 6.07) is 45.9. The molecule has 0 aliphatic heterocycles. The third-order valence-electron chi connectivity index (χ3n) is 9.57. The minimum atomic E-state index is -0.405. The van der Waals surface area contributed by atoms with E-state index in [4.69, 9.17) is 16.3 Å². The van der Waals surface area contributed by atoms with Crippen molar-refractivity contribution in [1.82, 2.24) is 4.98 Å². The molecule has 0 fully saturated rings. The van der Waals surface area contributed by atoms with Crippen LogP contribution in [0.1, 0.15) is 18.0 Å². The molecule has 49 heavy (non-hydrogen) atoms. The Morgan fingerprint density at radius 3 is 2.12 bits per heavy atom. The van der Waals surface area contributed by atoms with Crippen molar-refractivity contribution in [3.05, 3.63) is 181 Å². The molecule has 230 valence electrons. The van der Waals surface area contributed by atoms with Gasteiger partial charge >= 0.3 is 0 Å². The quantitative estimate of drug-likeness (QED) is 0.177. The average Bonchev–Trinajstić information content (AvgIpc) is 3.82. The normalized spacial score (nSPS) is 13.4. The topological polar surface area (TPSA) is 29.3 Å². The molecule has 1 aromatic heterocycles. The van der Waals surface area contributed by atoms with Crippen LogP contribution in [0.2, 0.25) is 0 Å². The van der Waals surface area contributed by atoms with E-state index in [2.05, 4.69) is 83.8 Å². The highest BCUT2D eigenvalue weighted by Crippen LogP contribution is 2.44.